The van der Waals surface area contributed by atoms with Crippen LogP contribution in [0.3, 0.4) is 0 Å². The molecule has 0 aliphatic carbocycles. The van der Waals surface area contributed by atoms with Crippen LogP contribution in [-0.4, -0.2) is 11.7 Å². The van der Waals surface area contributed by atoms with Crippen molar-refractivity contribution in [2.45, 2.75) is 52.2 Å². The monoisotopic (exact) mass is 260 g/mol. The first-order chi connectivity index (χ1) is 8.21. The molecule has 0 N–H and O–H groups in total. The van der Waals surface area contributed by atoms with Crippen LogP contribution in [0.1, 0.15) is 39.7 Å². The lowest BCUT2D eigenvalue weighted by atomic mass is 9.98. The standard InChI is InChI=1S/C14H19F3O/c1-9(2)18-14(3,4)6-5-10-7-12(16)13(17)8-11(10)15/h7-9H,5-6H2,1-4H3. The minimum Gasteiger partial charge on any atom is -0.373 e. The number of benzene rings is 1. The Balaban J connectivity index is 2.72. The molecular formula is C14H19F3O. The van der Waals surface area contributed by atoms with Crippen LogP contribution in [0.15, 0.2) is 12.1 Å². The Labute approximate surface area is 106 Å². The van der Waals surface area contributed by atoms with Gasteiger partial charge in [-0.25, -0.2) is 13.2 Å². The number of rotatable bonds is 5. The SMILES string of the molecule is CC(C)OC(C)(C)CCc1cc(F)c(F)cc1F. The summed E-state index contributed by atoms with van der Waals surface area (Å²) in [6.07, 6.45) is 0.908. The molecule has 0 aliphatic rings. The molecule has 0 amide bonds. The molecule has 0 bridgehead atoms. The molecule has 0 spiro atoms. The fourth-order valence-electron chi connectivity index (χ4n) is 1.89. The van der Waals surface area contributed by atoms with Crippen molar-refractivity contribution in [2.75, 3.05) is 0 Å². The lowest BCUT2D eigenvalue weighted by Gasteiger charge is -2.28. The van der Waals surface area contributed by atoms with Gasteiger partial charge in [0.1, 0.15) is 5.82 Å². The summed E-state index contributed by atoms with van der Waals surface area (Å²) in [4.78, 5) is 0. The number of aryl methyl sites for hydroxylation is 1. The van der Waals surface area contributed by atoms with Crippen LogP contribution in [0, 0.1) is 17.5 Å². The van der Waals surface area contributed by atoms with Crippen molar-refractivity contribution >= 4 is 0 Å². The van der Waals surface area contributed by atoms with Crippen molar-refractivity contribution in [1.29, 1.82) is 0 Å². The van der Waals surface area contributed by atoms with Gasteiger partial charge >= 0.3 is 0 Å². The first kappa shape index (κ1) is 15.0. The summed E-state index contributed by atoms with van der Waals surface area (Å²) in [5.74, 6) is -2.89. The molecule has 0 aliphatic heterocycles. The zero-order valence-corrected chi connectivity index (χ0v) is 11.2. The third kappa shape index (κ3) is 4.33. The second-order valence-corrected chi connectivity index (χ2v) is 5.28. The molecule has 0 unspecified atom stereocenters. The summed E-state index contributed by atoms with van der Waals surface area (Å²) in [5.41, 5.74) is -0.250. The molecule has 0 radical (unpaired) electrons. The van der Waals surface area contributed by atoms with Crippen molar-refractivity contribution in [2.24, 2.45) is 0 Å². The number of hydrogen-bond donors (Lipinski definition) is 0. The van der Waals surface area contributed by atoms with E-state index in [-0.39, 0.29) is 11.7 Å². The van der Waals surface area contributed by atoms with Crippen molar-refractivity contribution in [3.05, 3.63) is 35.1 Å². The molecule has 1 aromatic carbocycles. The molecule has 18 heavy (non-hydrogen) atoms. The van der Waals surface area contributed by atoms with Crippen molar-refractivity contribution < 1.29 is 17.9 Å². The van der Waals surface area contributed by atoms with Gasteiger partial charge in [-0.1, -0.05) is 0 Å². The minimum atomic E-state index is -1.16. The third-order valence-electron chi connectivity index (χ3n) is 2.64. The topological polar surface area (TPSA) is 9.23 Å². The maximum absolute atomic E-state index is 13.4. The maximum atomic E-state index is 13.4. The molecule has 0 heterocycles. The highest BCUT2D eigenvalue weighted by Crippen LogP contribution is 2.22. The van der Waals surface area contributed by atoms with E-state index in [9.17, 15) is 13.2 Å². The normalized spacial score (nSPS) is 12.2. The highest BCUT2D eigenvalue weighted by atomic mass is 19.2. The Morgan fingerprint density at radius 2 is 1.61 bits per heavy atom. The van der Waals surface area contributed by atoms with E-state index >= 15 is 0 Å². The first-order valence-electron chi connectivity index (χ1n) is 6.02. The van der Waals surface area contributed by atoms with Gasteiger partial charge in [-0.2, -0.15) is 0 Å². The Hall–Kier alpha value is -1.03. The van der Waals surface area contributed by atoms with E-state index in [4.69, 9.17) is 4.74 Å². The highest BCUT2D eigenvalue weighted by Gasteiger charge is 2.21. The Morgan fingerprint density at radius 1 is 1.06 bits per heavy atom. The predicted molar refractivity (Wildman–Crippen MR) is 64.9 cm³/mol. The Morgan fingerprint density at radius 3 is 2.17 bits per heavy atom. The lowest BCUT2D eigenvalue weighted by molar-refractivity contribution is -0.0600. The fourth-order valence-corrected chi connectivity index (χ4v) is 1.89. The van der Waals surface area contributed by atoms with Gasteiger partial charge in [-0.05, 0) is 52.2 Å². The van der Waals surface area contributed by atoms with Crippen LogP contribution in [-0.2, 0) is 11.2 Å². The van der Waals surface area contributed by atoms with Gasteiger partial charge < -0.3 is 4.74 Å². The highest BCUT2D eigenvalue weighted by molar-refractivity contribution is 5.20. The van der Waals surface area contributed by atoms with E-state index in [1.54, 1.807) is 0 Å². The van der Waals surface area contributed by atoms with E-state index in [1.165, 1.54) is 0 Å². The van der Waals surface area contributed by atoms with E-state index in [0.717, 1.165) is 6.07 Å². The van der Waals surface area contributed by atoms with Crippen molar-refractivity contribution in [3.63, 3.8) is 0 Å². The van der Waals surface area contributed by atoms with Gasteiger partial charge in [0.25, 0.3) is 0 Å². The third-order valence-corrected chi connectivity index (χ3v) is 2.64. The van der Waals surface area contributed by atoms with E-state index in [2.05, 4.69) is 0 Å². The largest absolute Gasteiger partial charge is 0.373 e. The molecular weight excluding hydrogens is 241 g/mol. The predicted octanol–water partition coefficient (Wildman–Crippen LogP) is 4.24. The van der Waals surface area contributed by atoms with Gasteiger partial charge in [0, 0.05) is 6.07 Å². The van der Waals surface area contributed by atoms with Crippen molar-refractivity contribution in [1.82, 2.24) is 0 Å². The second kappa shape index (κ2) is 5.74. The Kier molecular flexibility index (Phi) is 4.79. The van der Waals surface area contributed by atoms with Crippen LogP contribution in [0.25, 0.3) is 0 Å². The van der Waals surface area contributed by atoms with E-state index in [0.29, 0.717) is 18.9 Å². The molecule has 4 heteroatoms. The smallest absolute Gasteiger partial charge is 0.161 e. The average Bonchev–Trinajstić information content (AvgIpc) is 2.19. The summed E-state index contributed by atoms with van der Waals surface area (Å²) >= 11 is 0. The van der Waals surface area contributed by atoms with Gasteiger partial charge in [0.05, 0.1) is 11.7 Å². The van der Waals surface area contributed by atoms with Crippen LogP contribution in [0.5, 0.6) is 0 Å². The van der Waals surface area contributed by atoms with Crippen LogP contribution in [0.4, 0.5) is 13.2 Å². The molecule has 102 valence electrons. The first-order valence-corrected chi connectivity index (χ1v) is 6.02. The molecule has 1 nitrogen and oxygen atoms in total. The zero-order chi connectivity index (χ0) is 13.9. The van der Waals surface area contributed by atoms with E-state index in [1.807, 2.05) is 27.7 Å². The minimum absolute atomic E-state index is 0.0646. The number of halogens is 3. The summed E-state index contributed by atoms with van der Waals surface area (Å²) in [5, 5.41) is 0. The molecule has 1 aromatic rings. The lowest BCUT2D eigenvalue weighted by Crippen LogP contribution is -2.28. The Bertz CT molecular complexity index is 414. The number of ether oxygens (including phenoxy) is 1. The van der Waals surface area contributed by atoms with Gasteiger partial charge in [0.15, 0.2) is 11.6 Å². The summed E-state index contributed by atoms with van der Waals surface area (Å²) in [7, 11) is 0. The van der Waals surface area contributed by atoms with E-state index < -0.39 is 23.1 Å². The maximum Gasteiger partial charge on any atom is 0.161 e. The van der Waals surface area contributed by atoms with Crippen LogP contribution < -0.4 is 0 Å². The summed E-state index contributed by atoms with van der Waals surface area (Å²) in [6.45, 7) is 7.62. The quantitative estimate of drug-likeness (QED) is 0.719. The second-order valence-electron chi connectivity index (χ2n) is 5.28. The van der Waals surface area contributed by atoms with Gasteiger partial charge in [-0.15, -0.1) is 0 Å². The molecule has 0 saturated heterocycles. The fraction of sp³-hybridized carbons (Fsp3) is 0.571. The molecule has 0 aromatic heterocycles. The molecule has 0 atom stereocenters. The molecule has 0 fully saturated rings. The van der Waals surface area contributed by atoms with Crippen LogP contribution >= 0.6 is 0 Å². The zero-order valence-electron chi connectivity index (χ0n) is 11.2. The number of hydrogen-bond acceptors (Lipinski definition) is 1. The van der Waals surface area contributed by atoms with Crippen LogP contribution in [0.2, 0.25) is 0 Å². The van der Waals surface area contributed by atoms with Gasteiger partial charge in [-0.3, -0.25) is 0 Å². The summed E-state index contributed by atoms with van der Waals surface area (Å²) in [6, 6.07) is 1.50. The average molecular weight is 260 g/mol. The van der Waals surface area contributed by atoms with Gasteiger partial charge in [0.2, 0.25) is 0 Å². The molecule has 0 saturated carbocycles. The summed E-state index contributed by atoms with van der Waals surface area (Å²) < 4.78 is 44.9. The van der Waals surface area contributed by atoms with Crippen molar-refractivity contribution in [3.8, 4) is 0 Å². The molecule has 1 rings (SSSR count).